The van der Waals surface area contributed by atoms with Crippen LogP contribution in [0.3, 0.4) is 0 Å². The molecule has 0 saturated carbocycles. The molecule has 1 aliphatic carbocycles. The molecule has 0 spiro atoms. The summed E-state index contributed by atoms with van der Waals surface area (Å²) in [5.41, 5.74) is 2.06. The molecule has 0 unspecified atom stereocenters. The second-order valence-electron chi connectivity index (χ2n) is 6.84. The summed E-state index contributed by atoms with van der Waals surface area (Å²) in [7, 11) is 0. The van der Waals surface area contributed by atoms with E-state index in [0.717, 1.165) is 12.7 Å². The molecule has 0 atom stereocenters. The first-order valence-electron chi connectivity index (χ1n) is 8.71. The van der Waals surface area contributed by atoms with Gasteiger partial charge in [0.15, 0.2) is 5.76 Å². The van der Waals surface area contributed by atoms with Gasteiger partial charge in [-0.3, -0.25) is 4.79 Å². The lowest BCUT2D eigenvalue weighted by Gasteiger charge is -2.22. The predicted molar refractivity (Wildman–Crippen MR) is 167 cm³/mol. The highest BCUT2D eigenvalue weighted by molar-refractivity contribution is 14.1. The summed E-state index contributed by atoms with van der Waals surface area (Å²) in [4.78, 5) is 25.1. The fourth-order valence-corrected chi connectivity index (χ4v) is 8.04. The van der Waals surface area contributed by atoms with Gasteiger partial charge >= 0.3 is 5.97 Å². The largest absolute Gasteiger partial charge is 0.478 e. The van der Waals surface area contributed by atoms with Gasteiger partial charge in [0.2, 0.25) is 5.43 Å². The van der Waals surface area contributed by atoms with E-state index in [0.29, 0.717) is 35.0 Å². The van der Waals surface area contributed by atoms with E-state index in [1.807, 2.05) is 58.2 Å². The Morgan fingerprint density at radius 3 is 2.09 bits per heavy atom. The summed E-state index contributed by atoms with van der Waals surface area (Å²) in [6.07, 6.45) is 0. The van der Waals surface area contributed by atoms with Crippen molar-refractivity contribution in [3.05, 3.63) is 67.9 Å². The minimum Gasteiger partial charge on any atom is -0.478 e. The third kappa shape index (κ3) is 4.29. The number of fused-ring (bicyclic) bond motifs is 2. The van der Waals surface area contributed by atoms with E-state index in [9.17, 15) is 14.7 Å². The highest BCUT2D eigenvalue weighted by Crippen LogP contribution is 2.52. The van der Waals surface area contributed by atoms with Crippen LogP contribution >= 0.6 is 137 Å². The molecule has 0 fully saturated rings. The maximum Gasteiger partial charge on any atom is 0.337 e. The van der Waals surface area contributed by atoms with Crippen molar-refractivity contribution in [2.45, 2.75) is 6.92 Å². The molecule has 4 nitrogen and oxygen atoms in total. The van der Waals surface area contributed by atoms with Crippen LogP contribution in [0.1, 0.15) is 15.9 Å². The van der Waals surface area contributed by atoms with Crippen molar-refractivity contribution in [1.29, 1.82) is 0 Å². The molecular weight excluding hydrogens is 966 g/mol. The Morgan fingerprint density at radius 1 is 0.879 bits per heavy atom. The quantitative estimate of drug-likeness (QED) is 0.0942. The van der Waals surface area contributed by atoms with Crippen LogP contribution in [0.25, 0.3) is 33.4 Å². The number of aromatic carboxylic acids is 1. The first-order valence-corrected chi connectivity index (χ1v) is 14.5. The first kappa shape index (κ1) is 26.7. The molecule has 0 radical (unpaired) electrons. The standard InChI is InChI=1S/C21H6Cl4I4O4/c1-4-7(26)2-5-9(10-11(21(31)32)13(23)15(25)14(24)12(10)22)6-3-8(27)18(30)17(29)20(6)33-19(5)16(4)28/h2-3H,1H3,(H,31,32). The van der Waals surface area contributed by atoms with E-state index in [4.69, 9.17) is 50.8 Å². The average molecular weight is 972 g/mol. The van der Waals surface area contributed by atoms with Crippen molar-refractivity contribution >= 4 is 154 Å². The Balaban J connectivity index is 2.43. The van der Waals surface area contributed by atoms with E-state index < -0.39 is 5.97 Å². The van der Waals surface area contributed by atoms with E-state index in [1.165, 1.54) is 0 Å². The van der Waals surface area contributed by atoms with Crippen molar-refractivity contribution in [3.63, 3.8) is 0 Å². The van der Waals surface area contributed by atoms with E-state index >= 15 is 0 Å². The van der Waals surface area contributed by atoms with E-state index in [1.54, 1.807) is 6.07 Å². The maximum absolute atomic E-state index is 12.7. The van der Waals surface area contributed by atoms with Crippen molar-refractivity contribution in [2.75, 3.05) is 0 Å². The van der Waals surface area contributed by atoms with Crippen molar-refractivity contribution in [3.8, 4) is 22.5 Å². The number of halogens is 8. The highest BCUT2D eigenvalue weighted by atomic mass is 127. The van der Waals surface area contributed by atoms with E-state index in [2.05, 4.69) is 45.2 Å². The van der Waals surface area contributed by atoms with Gasteiger partial charge in [0.05, 0.1) is 32.8 Å². The van der Waals surface area contributed by atoms with Crippen LogP contribution in [-0.2, 0) is 0 Å². The van der Waals surface area contributed by atoms with Gasteiger partial charge in [-0.05, 0) is 115 Å². The Hall–Kier alpha value is 0.680. The third-order valence-corrected chi connectivity index (χ3v) is 11.0. The van der Waals surface area contributed by atoms with Crippen LogP contribution in [-0.4, -0.2) is 11.1 Å². The Kier molecular flexibility index (Phi) is 7.99. The molecule has 0 aromatic heterocycles. The van der Waals surface area contributed by atoms with Gasteiger partial charge < -0.3 is 9.52 Å². The van der Waals surface area contributed by atoms with Gasteiger partial charge in [-0.2, -0.15) is 0 Å². The number of benzene rings is 3. The van der Waals surface area contributed by atoms with Crippen LogP contribution in [0, 0.1) is 21.2 Å². The maximum atomic E-state index is 12.7. The average Bonchev–Trinajstić information content (AvgIpc) is 2.76. The SMILES string of the molecule is Cc1c(I)cc2c(-c3c(Cl)c(Cl)c(Cl)c(Cl)c3C(=O)O)c3cc(I)c(=O)c(I)c-3oc2c1I. The first-order chi connectivity index (χ1) is 15.4. The monoisotopic (exact) mass is 970 g/mol. The van der Waals surface area contributed by atoms with Crippen molar-refractivity contribution < 1.29 is 14.3 Å². The lowest BCUT2D eigenvalue weighted by atomic mass is 9.90. The second-order valence-corrected chi connectivity index (χ2v) is 12.8. The summed E-state index contributed by atoms with van der Waals surface area (Å²) < 4.78 is 8.82. The topological polar surface area (TPSA) is 67.5 Å². The Morgan fingerprint density at radius 2 is 1.48 bits per heavy atom. The zero-order valence-electron chi connectivity index (χ0n) is 15.9. The molecule has 1 heterocycles. The summed E-state index contributed by atoms with van der Waals surface area (Å²) in [5.74, 6) is -1.00. The zero-order chi connectivity index (χ0) is 24.5. The molecule has 0 saturated heterocycles. The van der Waals surface area contributed by atoms with Crippen molar-refractivity contribution in [1.82, 2.24) is 0 Å². The number of carboxylic acid groups (broad SMARTS) is 1. The Bertz CT molecular complexity index is 1570. The number of hydrogen-bond donors (Lipinski definition) is 1. The molecule has 2 aromatic carbocycles. The predicted octanol–water partition coefficient (Wildman–Crippen LogP) is 9.60. The lowest BCUT2D eigenvalue weighted by Crippen LogP contribution is -2.13. The van der Waals surface area contributed by atoms with Gasteiger partial charge in [-0.15, -0.1) is 0 Å². The van der Waals surface area contributed by atoms with Gasteiger partial charge in [0.1, 0.15) is 9.15 Å². The second kappa shape index (κ2) is 9.86. The molecule has 2 aromatic rings. The van der Waals surface area contributed by atoms with Gasteiger partial charge in [-0.25, -0.2) is 4.79 Å². The van der Waals surface area contributed by atoms with Crippen molar-refractivity contribution in [2.24, 2.45) is 0 Å². The van der Waals surface area contributed by atoms with Crippen LogP contribution in [0.2, 0.25) is 20.1 Å². The zero-order valence-corrected chi connectivity index (χ0v) is 27.5. The molecule has 1 N–H and O–H groups in total. The van der Waals surface area contributed by atoms with E-state index in [-0.39, 0.29) is 36.6 Å². The molecule has 170 valence electrons. The number of carbonyl (C=O) groups is 1. The normalized spacial score (nSPS) is 11.5. The van der Waals surface area contributed by atoms with Crippen LogP contribution in [0.4, 0.5) is 0 Å². The summed E-state index contributed by atoms with van der Waals surface area (Å²) in [6.45, 7) is 1.95. The summed E-state index contributed by atoms with van der Waals surface area (Å²) >= 11 is 33.8. The Labute approximate surface area is 261 Å². The smallest absolute Gasteiger partial charge is 0.337 e. The molecule has 33 heavy (non-hydrogen) atoms. The molecule has 0 amide bonds. The minimum absolute atomic E-state index is 0.0564. The summed E-state index contributed by atoms with van der Waals surface area (Å²) in [6, 6.07) is 3.53. The minimum atomic E-state index is -1.32. The van der Waals surface area contributed by atoms with Crippen LogP contribution < -0.4 is 5.43 Å². The lowest BCUT2D eigenvalue weighted by molar-refractivity contribution is 0.0698. The third-order valence-electron chi connectivity index (χ3n) is 5.01. The number of carboxylic acids is 1. The molecule has 12 heteroatoms. The van der Waals surface area contributed by atoms with Crippen LogP contribution in [0.15, 0.2) is 21.3 Å². The molecule has 4 rings (SSSR count). The van der Waals surface area contributed by atoms with Gasteiger partial charge in [0, 0.05) is 25.6 Å². The van der Waals surface area contributed by atoms with Crippen LogP contribution in [0.5, 0.6) is 0 Å². The number of hydrogen-bond acceptors (Lipinski definition) is 3. The fourth-order valence-electron chi connectivity index (χ4n) is 3.43. The molecule has 1 aliphatic heterocycles. The highest BCUT2D eigenvalue weighted by Gasteiger charge is 2.32. The number of rotatable bonds is 2. The fraction of sp³-hybridized carbons (Fsp3) is 0.0476. The van der Waals surface area contributed by atoms with Gasteiger partial charge in [-0.1, -0.05) is 46.4 Å². The summed E-state index contributed by atoms with van der Waals surface area (Å²) in [5, 5.41) is 10.2. The molecule has 2 aliphatic rings. The molecule has 0 bridgehead atoms. The van der Waals surface area contributed by atoms with Gasteiger partial charge in [0.25, 0.3) is 0 Å². The molecular formula is C21H6Cl4I4O4.